The van der Waals surface area contributed by atoms with Crippen molar-refractivity contribution in [3.8, 4) is 0 Å². The molecule has 0 aromatic heterocycles. The topological polar surface area (TPSA) is 120 Å². The van der Waals surface area contributed by atoms with Gasteiger partial charge in [-0.25, -0.2) is 4.57 Å². The van der Waals surface area contributed by atoms with Crippen molar-refractivity contribution in [2.75, 3.05) is 33.4 Å². The van der Waals surface area contributed by atoms with Gasteiger partial charge in [0.1, 0.15) is 6.61 Å². The lowest BCUT2D eigenvalue weighted by atomic mass is 10.1. The Labute approximate surface area is 330 Å². The summed E-state index contributed by atoms with van der Waals surface area (Å²) in [6.45, 7) is 4.06. The Bertz CT molecular complexity index is 1070. The van der Waals surface area contributed by atoms with Crippen molar-refractivity contribution >= 4 is 19.8 Å². The molecule has 0 aliphatic carbocycles. The van der Waals surface area contributed by atoms with Gasteiger partial charge in [-0.15, -0.1) is 0 Å². The molecule has 0 aliphatic heterocycles. The van der Waals surface area contributed by atoms with Gasteiger partial charge < -0.3 is 19.7 Å². The van der Waals surface area contributed by atoms with Crippen LogP contribution in [0.4, 0.5) is 0 Å². The fraction of sp³-hybridized carbons (Fsp3) is 0.727. The molecule has 0 spiro atoms. The maximum absolute atomic E-state index is 12.6. The second-order valence-electron chi connectivity index (χ2n) is 13.8. The third-order valence-electron chi connectivity index (χ3n) is 8.62. The molecular weight excluding hydrogens is 701 g/mol. The van der Waals surface area contributed by atoms with E-state index in [2.05, 4.69) is 79.9 Å². The average molecular weight is 780 g/mol. The van der Waals surface area contributed by atoms with Crippen molar-refractivity contribution in [1.82, 2.24) is 5.32 Å². The number of rotatable bonds is 39. The lowest BCUT2D eigenvalue weighted by Crippen LogP contribution is -2.29. The van der Waals surface area contributed by atoms with Crippen molar-refractivity contribution in [3.05, 3.63) is 60.8 Å². The van der Waals surface area contributed by atoms with Gasteiger partial charge in [-0.05, 0) is 84.1 Å². The molecule has 0 aromatic carbocycles. The van der Waals surface area contributed by atoms with Crippen LogP contribution in [0.15, 0.2) is 60.8 Å². The summed E-state index contributed by atoms with van der Waals surface area (Å²) >= 11 is 0. The Hall–Kier alpha value is -2.29. The molecule has 0 heterocycles. The third-order valence-corrected chi connectivity index (χ3v) is 9.61. The first-order chi connectivity index (χ1) is 26.3. The van der Waals surface area contributed by atoms with E-state index in [1.165, 1.54) is 44.9 Å². The molecule has 0 aromatic rings. The molecular formula is C44H78NO8P. The smallest absolute Gasteiger partial charge is 0.462 e. The molecule has 0 amide bonds. The summed E-state index contributed by atoms with van der Waals surface area (Å²) in [7, 11) is -2.66. The molecule has 0 bridgehead atoms. The predicted molar refractivity (Wildman–Crippen MR) is 224 cm³/mol. The van der Waals surface area contributed by atoms with Crippen LogP contribution in [-0.4, -0.2) is 56.3 Å². The highest BCUT2D eigenvalue weighted by Crippen LogP contribution is 2.43. The number of unbranched alkanes of at least 4 members (excludes halogenated alkanes) is 15. The molecule has 2 unspecified atom stereocenters. The molecule has 54 heavy (non-hydrogen) atoms. The van der Waals surface area contributed by atoms with E-state index in [1.807, 2.05) is 0 Å². The monoisotopic (exact) mass is 780 g/mol. The zero-order chi connectivity index (χ0) is 39.6. The Morgan fingerprint density at radius 2 is 1.06 bits per heavy atom. The van der Waals surface area contributed by atoms with Gasteiger partial charge in [-0.3, -0.25) is 18.6 Å². The largest absolute Gasteiger partial charge is 0.472 e. The molecule has 0 radical (unpaired) electrons. The summed E-state index contributed by atoms with van der Waals surface area (Å²) in [6.07, 6.45) is 45.5. The van der Waals surface area contributed by atoms with Gasteiger partial charge in [-0.1, -0.05) is 139 Å². The maximum Gasteiger partial charge on any atom is 0.472 e. The molecule has 0 aliphatic rings. The minimum absolute atomic E-state index is 0.0252. The fourth-order valence-corrected chi connectivity index (χ4v) is 6.17. The van der Waals surface area contributed by atoms with Crippen LogP contribution in [0, 0.1) is 0 Å². The number of carbonyl (C=O) groups is 2. The van der Waals surface area contributed by atoms with E-state index in [0.717, 1.165) is 83.5 Å². The van der Waals surface area contributed by atoms with Gasteiger partial charge in [0.15, 0.2) is 6.10 Å². The highest BCUT2D eigenvalue weighted by atomic mass is 31.2. The summed E-state index contributed by atoms with van der Waals surface area (Å²) in [6, 6.07) is 0. The molecule has 10 heteroatoms. The van der Waals surface area contributed by atoms with E-state index >= 15 is 0 Å². The Morgan fingerprint density at radius 1 is 0.593 bits per heavy atom. The fourth-order valence-electron chi connectivity index (χ4n) is 5.42. The lowest BCUT2D eigenvalue weighted by Gasteiger charge is -2.20. The van der Waals surface area contributed by atoms with E-state index in [0.29, 0.717) is 19.4 Å². The van der Waals surface area contributed by atoms with Crippen molar-refractivity contribution in [2.45, 2.75) is 174 Å². The number of ether oxygens (including phenoxy) is 2. The van der Waals surface area contributed by atoms with Crippen LogP contribution < -0.4 is 5.32 Å². The quantitative estimate of drug-likeness (QED) is 0.0272. The normalized spacial score (nSPS) is 13.9. The molecule has 0 rings (SSSR count). The van der Waals surface area contributed by atoms with Crippen molar-refractivity contribution in [2.24, 2.45) is 0 Å². The first-order valence-corrected chi connectivity index (χ1v) is 22.7. The number of phosphoric ester groups is 1. The SMILES string of the molecule is CC/C=C\C/C=C\C/C=C\C/C=C\CCCCCCC(=O)OCC(COP(=O)(O)OCCNC)OC(=O)CCCCCCC/C=C\CCCCCCCC. The molecule has 9 nitrogen and oxygen atoms in total. The summed E-state index contributed by atoms with van der Waals surface area (Å²) in [4.78, 5) is 35.0. The summed E-state index contributed by atoms with van der Waals surface area (Å²) in [5.74, 6) is -0.848. The highest BCUT2D eigenvalue weighted by molar-refractivity contribution is 7.47. The van der Waals surface area contributed by atoms with Crippen LogP contribution in [0.3, 0.4) is 0 Å². The number of allylic oxidation sites excluding steroid dienone is 10. The lowest BCUT2D eigenvalue weighted by molar-refractivity contribution is -0.161. The number of hydrogen-bond acceptors (Lipinski definition) is 8. The van der Waals surface area contributed by atoms with E-state index < -0.39 is 32.5 Å². The summed E-state index contributed by atoms with van der Waals surface area (Å²) < 4.78 is 33.1. The van der Waals surface area contributed by atoms with Gasteiger partial charge >= 0.3 is 19.8 Å². The second-order valence-corrected chi connectivity index (χ2v) is 15.2. The molecule has 0 saturated carbocycles. The van der Waals surface area contributed by atoms with Gasteiger partial charge in [-0.2, -0.15) is 0 Å². The molecule has 2 N–H and O–H groups in total. The van der Waals surface area contributed by atoms with Crippen LogP contribution in [0.2, 0.25) is 0 Å². The van der Waals surface area contributed by atoms with E-state index in [1.54, 1.807) is 7.05 Å². The summed E-state index contributed by atoms with van der Waals surface area (Å²) in [5.41, 5.74) is 0. The first-order valence-electron chi connectivity index (χ1n) is 21.2. The number of hydrogen-bond donors (Lipinski definition) is 2. The van der Waals surface area contributed by atoms with E-state index in [-0.39, 0.29) is 26.1 Å². The zero-order valence-electron chi connectivity index (χ0n) is 34.4. The van der Waals surface area contributed by atoms with Gasteiger partial charge in [0.25, 0.3) is 0 Å². The van der Waals surface area contributed by atoms with Gasteiger partial charge in [0.2, 0.25) is 0 Å². The molecule has 0 saturated heterocycles. The van der Waals surface area contributed by atoms with Gasteiger partial charge in [0.05, 0.1) is 13.2 Å². The first kappa shape index (κ1) is 51.7. The van der Waals surface area contributed by atoms with Crippen LogP contribution in [0.1, 0.15) is 168 Å². The van der Waals surface area contributed by atoms with Crippen LogP contribution in [0.25, 0.3) is 0 Å². The molecule has 0 fully saturated rings. The molecule has 312 valence electrons. The van der Waals surface area contributed by atoms with Crippen LogP contribution >= 0.6 is 7.82 Å². The Balaban J connectivity index is 4.30. The minimum atomic E-state index is -4.36. The predicted octanol–water partition coefficient (Wildman–Crippen LogP) is 12.0. The van der Waals surface area contributed by atoms with Gasteiger partial charge in [0, 0.05) is 19.4 Å². The Kier molecular flexibility index (Phi) is 38.7. The number of phosphoric acid groups is 1. The van der Waals surface area contributed by atoms with Crippen LogP contribution in [0.5, 0.6) is 0 Å². The van der Waals surface area contributed by atoms with Crippen molar-refractivity contribution in [1.29, 1.82) is 0 Å². The summed E-state index contributed by atoms with van der Waals surface area (Å²) in [5, 5.41) is 2.82. The average Bonchev–Trinajstić information content (AvgIpc) is 3.15. The van der Waals surface area contributed by atoms with Crippen LogP contribution in [-0.2, 0) is 32.7 Å². The number of nitrogens with one attached hydrogen (secondary N) is 1. The number of likely N-dealkylation sites (N-methyl/N-ethyl adjacent to an activating group) is 1. The molecule has 2 atom stereocenters. The maximum atomic E-state index is 12.6. The Morgan fingerprint density at radius 3 is 1.59 bits per heavy atom. The standard InChI is InChI=1S/C44H78NO8P/c1-4-6-8-10-12-14-16-18-20-21-23-24-26-28-30-32-34-36-43(46)50-40-42(41-52-54(48,49)51-39-38-45-3)53-44(47)37-35-33-31-29-27-25-22-19-17-15-13-11-9-7-5-2/h6,8,12,14,18-20,22-24,42,45H,4-5,7,9-11,13,15-17,21,25-41H2,1-3H3,(H,48,49)/b8-6-,14-12-,20-18-,22-19-,24-23-. The van der Waals surface area contributed by atoms with E-state index in [4.69, 9.17) is 18.5 Å². The van der Waals surface area contributed by atoms with Crippen molar-refractivity contribution in [3.63, 3.8) is 0 Å². The minimum Gasteiger partial charge on any atom is -0.462 e. The zero-order valence-corrected chi connectivity index (χ0v) is 35.3. The van der Waals surface area contributed by atoms with Crippen molar-refractivity contribution < 1.29 is 37.6 Å². The van der Waals surface area contributed by atoms with E-state index in [9.17, 15) is 19.0 Å². The number of esters is 2. The second kappa shape index (κ2) is 40.4. The number of carbonyl (C=O) groups excluding carboxylic acids is 2. The third kappa shape index (κ3) is 39.4. The highest BCUT2D eigenvalue weighted by Gasteiger charge is 2.26.